The van der Waals surface area contributed by atoms with Crippen LogP contribution in [0.3, 0.4) is 0 Å². The van der Waals surface area contributed by atoms with Crippen LogP contribution < -0.4 is 5.32 Å². The van der Waals surface area contributed by atoms with Gasteiger partial charge in [-0.3, -0.25) is 4.79 Å². The van der Waals surface area contributed by atoms with Gasteiger partial charge in [-0.25, -0.2) is 4.39 Å². The summed E-state index contributed by atoms with van der Waals surface area (Å²) < 4.78 is 13.0. The second-order valence-electron chi connectivity index (χ2n) is 4.09. The van der Waals surface area contributed by atoms with E-state index in [1.165, 1.54) is 6.07 Å². The molecule has 1 aromatic rings. The third-order valence-corrected chi connectivity index (χ3v) is 3.06. The highest BCUT2D eigenvalue weighted by atomic mass is 35.5. The molecule has 17 heavy (non-hydrogen) atoms. The minimum atomic E-state index is -0.431. The number of hydrogen-bond acceptors (Lipinski definition) is 2. The van der Waals surface area contributed by atoms with Gasteiger partial charge >= 0.3 is 0 Å². The van der Waals surface area contributed by atoms with Crippen molar-refractivity contribution in [3.05, 3.63) is 34.6 Å². The second-order valence-corrected chi connectivity index (χ2v) is 4.50. The molecule has 1 aromatic carbocycles. The van der Waals surface area contributed by atoms with E-state index in [9.17, 15) is 9.18 Å². The van der Waals surface area contributed by atoms with E-state index in [0.29, 0.717) is 13.1 Å². The monoisotopic (exact) mass is 256 g/mol. The second kappa shape index (κ2) is 5.47. The summed E-state index contributed by atoms with van der Waals surface area (Å²) in [4.78, 5) is 13.5. The van der Waals surface area contributed by atoms with Gasteiger partial charge in [0.05, 0.1) is 11.6 Å². The number of carbonyl (C=O) groups is 1. The summed E-state index contributed by atoms with van der Waals surface area (Å²) in [5, 5.41) is 3.16. The first-order valence-electron chi connectivity index (χ1n) is 5.59. The van der Waals surface area contributed by atoms with Gasteiger partial charge in [0.2, 0.25) is 5.91 Å². The van der Waals surface area contributed by atoms with Gasteiger partial charge < -0.3 is 10.2 Å². The molecule has 0 aromatic heterocycles. The fourth-order valence-corrected chi connectivity index (χ4v) is 2.06. The molecule has 1 heterocycles. The van der Waals surface area contributed by atoms with Crippen LogP contribution in [0.25, 0.3) is 0 Å². The topological polar surface area (TPSA) is 32.3 Å². The number of benzene rings is 1. The molecule has 0 aliphatic carbocycles. The molecule has 1 amide bonds. The third-order valence-electron chi connectivity index (χ3n) is 2.77. The SMILES string of the molecule is O=C1CNCCCN1Cc1ccc(F)c(Cl)c1. The highest BCUT2D eigenvalue weighted by molar-refractivity contribution is 6.30. The van der Waals surface area contributed by atoms with Gasteiger partial charge in [-0.15, -0.1) is 0 Å². The van der Waals surface area contributed by atoms with Gasteiger partial charge in [0.25, 0.3) is 0 Å². The van der Waals surface area contributed by atoms with E-state index in [0.717, 1.165) is 25.1 Å². The number of amides is 1. The summed E-state index contributed by atoms with van der Waals surface area (Å²) in [7, 11) is 0. The lowest BCUT2D eigenvalue weighted by molar-refractivity contribution is -0.130. The Morgan fingerprint density at radius 3 is 3.06 bits per heavy atom. The number of nitrogens with zero attached hydrogens (tertiary/aromatic N) is 1. The normalized spacial score (nSPS) is 17.1. The molecule has 92 valence electrons. The quantitative estimate of drug-likeness (QED) is 0.875. The zero-order valence-corrected chi connectivity index (χ0v) is 10.1. The van der Waals surface area contributed by atoms with Crippen LogP contribution in [0, 0.1) is 5.82 Å². The molecule has 0 atom stereocenters. The summed E-state index contributed by atoms with van der Waals surface area (Å²) in [5.74, 6) is -0.359. The summed E-state index contributed by atoms with van der Waals surface area (Å²) >= 11 is 5.71. The minimum absolute atomic E-state index is 0.0722. The van der Waals surface area contributed by atoms with Crippen molar-refractivity contribution in [3.8, 4) is 0 Å². The van der Waals surface area contributed by atoms with Crippen LogP contribution >= 0.6 is 11.6 Å². The third kappa shape index (κ3) is 3.17. The summed E-state index contributed by atoms with van der Waals surface area (Å²) in [6.07, 6.45) is 0.931. The highest BCUT2D eigenvalue weighted by Crippen LogP contribution is 2.17. The van der Waals surface area contributed by atoms with Crippen LogP contribution in [-0.2, 0) is 11.3 Å². The lowest BCUT2D eigenvalue weighted by Gasteiger charge is -2.20. The molecule has 0 unspecified atom stereocenters. The number of halogens is 2. The average Bonchev–Trinajstić information content (AvgIpc) is 2.50. The van der Waals surface area contributed by atoms with Gasteiger partial charge in [-0.05, 0) is 30.7 Å². The molecule has 1 aliphatic heterocycles. The Bertz CT molecular complexity index is 425. The zero-order chi connectivity index (χ0) is 12.3. The van der Waals surface area contributed by atoms with Crippen LogP contribution in [0.5, 0.6) is 0 Å². The maximum absolute atomic E-state index is 13.0. The number of carbonyl (C=O) groups excluding carboxylic acids is 1. The smallest absolute Gasteiger partial charge is 0.236 e. The minimum Gasteiger partial charge on any atom is -0.337 e. The van der Waals surface area contributed by atoms with Gasteiger partial charge in [0, 0.05) is 13.1 Å². The van der Waals surface area contributed by atoms with Crippen LogP contribution in [-0.4, -0.2) is 30.4 Å². The molecule has 0 saturated carbocycles. The zero-order valence-electron chi connectivity index (χ0n) is 9.38. The Hall–Kier alpha value is -1.13. The molecule has 0 spiro atoms. The molecule has 5 heteroatoms. The van der Waals surface area contributed by atoms with E-state index in [1.807, 2.05) is 0 Å². The van der Waals surface area contributed by atoms with E-state index >= 15 is 0 Å². The van der Waals surface area contributed by atoms with Crippen molar-refractivity contribution in [2.24, 2.45) is 0 Å². The molecule has 1 fully saturated rings. The van der Waals surface area contributed by atoms with Crippen molar-refractivity contribution in [2.75, 3.05) is 19.6 Å². The molecule has 0 radical (unpaired) electrons. The van der Waals surface area contributed by atoms with Gasteiger partial charge in [-0.1, -0.05) is 17.7 Å². The molecule has 1 N–H and O–H groups in total. The Balaban J connectivity index is 2.08. The van der Waals surface area contributed by atoms with Crippen molar-refractivity contribution in [1.82, 2.24) is 10.2 Å². The first kappa shape index (κ1) is 12.3. The average molecular weight is 257 g/mol. The van der Waals surface area contributed by atoms with E-state index in [1.54, 1.807) is 17.0 Å². The van der Waals surface area contributed by atoms with Gasteiger partial charge in [0.15, 0.2) is 0 Å². The van der Waals surface area contributed by atoms with Gasteiger partial charge in [-0.2, -0.15) is 0 Å². The highest BCUT2D eigenvalue weighted by Gasteiger charge is 2.16. The maximum atomic E-state index is 13.0. The number of hydrogen-bond donors (Lipinski definition) is 1. The molecule has 1 saturated heterocycles. The summed E-state index contributed by atoms with van der Waals surface area (Å²) in [6, 6.07) is 4.56. The lowest BCUT2D eigenvalue weighted by Crippen LogP contribution is -2.34. The Morgan fingerprint density at radius 2 is 2.29 bits per heavy atom. The maximum Gasteiger partial charge on any atom is 0.236 e. The molecule has 1 aliphatic rings. The predicted molar refractivity (Wildman–Crippen MR) is 64.3 cm³/mol. The van der Waals surface area contributed by atoms with E-state index < -0.39 is 5.82 Å². The fourth-order valence-electron chi connectivity index (χ4n) is 1.85. The van der Waals surface area contributed by atoms with Crippen LogP contribution in [0.15, 0.2) is 18.2 Å². The summed E-state index contributed by atoms with van der Waals surface area (Å²) in [5.41, 5.74) is 0.853. The number of rotatable bonds is 2. The van der Waals surface area contributed by atoms with E-state index in [2.05, 4.69) is 5.32 Å². The first-order valence-corrected chi connectivity index (χ1v) is 5.97. The van der Waals surface area contributed by atoms with Crippen molar-refractivity contribution < 1.29 is 9.18 Å². The largest absolute Gasteiger partial charge is 0.337 e. The molecular weight excluding hydrogens is 243 g/mol. The lowest BCUT2D eigenvalue weighted by atomic mass is 10.2. The van der Waals surface area contributed by atoms with E-state index in [4.69, 9.17) is 11.6 Å². The first-order chi connectivity index (χ1) is 8.16. The van der Waals surface area contributed by atoms with Gasteiger partial charge in [0.1, 0.15) is 5.82 Å². The molecular formula is C12H14ClFN2O. The standard InChI is InChI=1S/C12H14ClFN2O/c13-10-6-9(2-3-11(10)14)8-16-5-1-4-15-7-12(16)17/h2-3,6,15H,1,4-5,7-8H2. The van der Waals surface area contributed by atoms with Crippen LogP contribution in [0.1, 0.15) is 12.0 Å². The predicted octanol–water partition coefficient (Wildman–Crippen LogP) is 1.80. The van der Waals surface area contributed by atoms with E-state index in [-0.39, 0.29) is 10.9 Å². The fraction of sp³-hybridized carbons (Fsp3) is 0.417. The Morgan fingerprint density at radius 1 is 1.47 bits per heavy atom. The molecule has 0 bridgehead atoms. The van der Waals surface area contributed by atoms with Crippen LogP contribution in [0.4, 0.5) is 4.39 Å². The van der Waals surface area contributed by atoms with Crippen molar-refractivity contribution >= 4 is 17.5 Å². The summed E-state index contributed by atoms with van der Waals surface area (Å²) in [6.45, 7) is 2.43. The Kier molecular flexibility index (Phi) is 3.97. The van der Waals surface area contributed by atoms with Crippen LogP contribution in [0.2, 0.25) is 5.02 Å². The van der Waals surface area contributed by atoms with Crippen molar-refractivity contribution in [3.63, 3.8) is 0 Å². The van der Waals surface area contributed by atoms with Crippen molar-refractivity contribution in [2.45, 2.75) is 13.0 Å². The molecule has 3 nitrogen and oxygen atoms in total. The Labute approximate surface area is 105 Å². The molecule has 2 rings (SSSR count). The number of nitrogens with one attached hydrogen (secondary N) is 1. The van der Waals surface area contributed by atoms with Crippen molar-refractivity contribution in [1.29, 1.82) is 0 Å².